The fraction of sp³-hybridized carbons (Fsp3) is 0.667. The number of hydrogen-bond acceptors (Lipinski definition) is 3. The predicted molar refractivity (Wildman–Crippen MR) is 81.2 cm³/mol. The minimum absolute atomic E-state index is 0.383. The van der Waals surface area contributed by atoms with E-state index in [1.807, 2.05) is 6.07 Å². The molecule has 0 amide bonds. The number of hydrogen-bond donors (Lipinski definition) is 0. The minimum Gasteiger partial charge on any atom is -0.476 e. The van der Waals surface area contributed by atoms with E-state index in [2.05, 4.69) is 43.6 Å². The van der Waals surface area contributed by atoms with Crippen molar-refractivity contribution in [1.82, 2.24) is 9.88 Å². The number of aromatic nitrogens is 1. The Morgan fingerprint density at radius 3 is 2.47 bits per heavy atom. The Morgan fingerprint density at radius 1 is 1.26 bits per heavy atom. The molecule has 1 rings (SSSR count). The lowest BCUT2D eigenvalue weighted by molar-refractivity contribution is 0.217. The first kappa shape index (κ1) is 16.3. The van der Waals surface area contributed by atoms with Crippen LogP contribution in [0.3, 0.4) is 0 Å². The Labute approximate surface area is 121 Å². The molecule has 3 nitrogen and oxygen atoms in total. The van der Waals surface area contributed by atoms with Gasteiger partial charge in [0.2, 0.25) is 5.88 Å². The number of nitrogens with zero attached hydrogens (tertiary/aromatic N) is 2. The molecule has 0 spiro atoms. The quantitative estimate of drug-likeness (QED) is 0.681. The maximum absolute atomic E-state index is 5.91. The summed E-state index contributed by atoms with van der Waals surface area (Å²) < 4.78 is 5.76. The molecule has 0 atom stereocenters. The Morgan fingerprint density at radius 2 is 1.95 bits per heavy atom. The van der Waals surface area contributed by atoms with Crippen molar-refractivity contribution in [3.8, 4) is 5.88 Å². The molecule has 0 aliphatic heterocycles. The second-order valence-corrected chi connectivity index (χ2v) is 5.17. The van der Waals surface area contributed by atoms with Gasteiger partial charge in [0.05, 0.1) is 0 Å². The van der Waals surface area contributed by atoms with Gasteiger partial charge in [-0.2, -0.15) is 0 Å². The fourth-order valence-corrected chi connectivity index (χ4v) is 2.00. The van der Waals surface area contributed by atoms with Crippen LogP contribution in [0.15, 0.2) is 12.1 Å². The standard InChI is InChI=1S/C15H25ClN2O/c1-5-18(6-2)7-8-19-15-10-13(11-16)9-14(17-15)12(3)4/h9-10,12H,5-8,11H2,1-4H3. The average Bonchev–Trinajstić information content (AvgIpc) is 2.43. The molecule has 0 unspecified atom stereocenters. The van der Waals surface area contributed by atoms with Crippen LogP contribution in [0.25, 0.3) is 0 Å². The molecule has 0 aliphatic rings. The van der Waals surface area contributed by atoms with E-state index in [0.29, 0.717) is 24.3 Å². The number of alkyl halides is 1. The topological polar surface area (TPSA) is 25.4 Å². The van der Waals surface area contributed by atoms with Crippen molar-refractivity contribution in [1.29, 1.82) is 0 Å². The first-order chi connectivity index (χ1) is 9.10. The zero-order valence-corrected chi connectivity index (χ0v) is 13.2. The third-order valence-corrected chi connectivity index (χ3v) is 3.49. The summed E-state index contributed by atoms with van der Waals surface area (Å²) in [7, 11) is 0. The third kappa shape index (κ3) is 5.37. The predicted octanol–water partition coefficient (Wildman–Crippen LogP) is 3.66. The first-order valence-electron chi connectivity index (χ1n) is 7.02. The van der Waals surface area contributed by atoms with Crippen molar-refractivity contribution in [2.75, 3.05) is 26.2 Å². The van der Waals surface area contributed by atoms with Gasteiger partial charge in [0, 0.05) is 24.2 Å². The largest absolute Gasteiger partial charge is 0.476 e. The molecule has 0 fully saturated rings. The van der Waals surface area contributed by atoms with E-state index in [0.717, 1.165) is 30.9 Å². The van der Waals surface area contributed by atoms with Crippen molar-refractivity contribution < 1.29 is 4.74 Å². The lowest BCUT2D eigenvalue weighted by atomic mass is 10.1. The summed E-state index contributed by atoms with van der Waals surface area (Å²) in [6.45, 7) is 12.3. The molecule has 1 aromatic heterocycles. The molecule has 0 aliphatic carbocycles. The number of pyridine rings is 1. The maximum Gasteiger partial charge on any atom is 0.213 e. The summed E-state index contributed by atoms with van der Waals surface area (Å²) in [5.41, 5.74) is 2.11. The molecule has 0 aromatic carbocycles. The molecule has 0 saturated heterocycles. The van der Waals surface area contributed by atoms with Gasteiger partial charge in [0.15, 0.2) is 0 Å². The van der Waals surface area contributed by atoms with E-state index < -0.39 is 0 Å². The van der Waals surface area contributed by atoms with Gasteiger partial charge < -0.3 is 9.64 Å². The molecule has 108 valence electrons. The second kappa shape index (κ2) is 8.39. The van der Waals surface area contributed by atoms with Gasteiger partial charge in [0.1, 0.15) is 6.61 Å². The van der Waals surface area contributed by atoms with Crippen molar-refractivity contribution in [2.24, 2.45) is 0 Å². The summed E-state index contributed by atoms with van der Waals surface area (Å²) in [6.07, 6.45) is 0. The van der Waals surface area contributed by atoms with Crippen molar-refractivity contribution in [2.45, 2.75) is 39.5 Å². The molecule has 0 bridgehead atoms. The van der Waals surface area contributed by atoms with Crippen LogP contribution in [0.5, 0.6) is 5.88 Å². The summed E-state index contributed by atoms with van der Waals surface area (Å²) >= 11 is 5.91. The summed E-state index contributed by atoms with van der Waals surface area (Å²) in [4.78, 5) is 6.86. The second-order valence-electron chi connectivity index (χ2n) is 4.90. The first-order valence-corrected chi connectivity index (χ1v) is 7.56. The Hall–Kier alpha value is -0.800. The molecule has 0 saturated carbocycles. The van der Waals surface area contributed by atoms with Crippen molar-refractivity contribution >= 4 is 11.6 Å². The highest BCUT2D eigenvalue weighted by Gasteiger charge is 2.07. The van der Waals surface area contributed by atoms with Crippen molar-refractivity contribution in [3.05, 3.63) is 23.4 Å². The fourth-order valence-electron chi connectivity index (χ4n) is 1.85. The zero-order chi connectivity index (χ0) is 14.3. The van der Waals surface area contributed by atoms with Crippen LogP contribution >= 0.6 is 11.6 Å². The molecular weight excluding hydrogens is 260 g/mol. The average molecular weight is 285 g/mol. The van der Waals surface area contributed by atoms with Crippen LogP contribution < -0.4 is 4.74 Å². The molecule has 0 radical (unpaired) electrons. The Kier molecular flexibility index (Phi) is 7.17. The van der Waals surface area contributed by atoms with Crippen LogP contribution in [0, 0.1) is 0 Å². The highest BCUT2D eigenvalue weighted by molar-refractivity contribution is 6.17. The third-order valence-electron chi connectivity index (χ3n) is 3.18. The van der Waals surface area contributed by atoms with E-state index in [1.165, 1.54) is 0 Å². The van der Waals surface area contributed by atoms with Crippen LogP contribution in [-0.4, -0.2) is 36.1 Å². The van der Waals surface area contributed by atoms with E-state index in [9.17, 15) is 0 Å². The summed E-state index contributed by atoms with van der Waals surface area (Å²) in [5, 5.41) is 0. The zero-order valence-electron chi connectivity index (χ0n) is 12.4. The van der Waals surface area contributed by atoms with Crippen molar-refractivity contribution in [3.63, 3.8) is 0 Å². The Balaban J connectivity index is 2.64. The van der Waals surface area contributed by atoms with Gasteiger partial charge >= 0.3 is 0 Å². The Bertz CT molecular complexity index is 378. The lowest BCUT2D eigenvalue weighted by Crippen LogP contribution is -2.28. The van der Waals surface area contributed by atoms with E-state index >= 15 is 0 Å². The normalized spacial score (nSPS) is 11.3. The molecular formula is C15H25ClN2O. The van der Waals surface area contributed by atoms with Crippen LogP contribution in [0.4, 0.5) is 0 Å². The minimum atomic E-state index is 0.383. The molecule has 1 heterocycles. The molecule has 19 heavy (non-hydrogen) atoms. The summed E-state index contributed by atoms with van der Waals surface area (Å²) in [6, 6.07) is 3.98. The lowest BCUT2D eigenvalue weighted by Gasteiger charge is -2.18. The van der Waals surface area contributed by atoms with E-state index in [-0.39, 0.29) is 0 Å². The van der Waals surface area contributed by atoms with Crippen LogP contribution in [-0.2, 0) is 5.88 Å². The van der Waals surface area contributed by atoms with Gasteiger partial charge in [-0.3, -0.25) is 0 Å². The van der Waals surface area contributed by atoms with Gasteiger partial charge in [-0.05, 0) is 30.6 Å². The highest BCUT2D eigenvalue weighted by Crippen LogP contribution is 2.20. The van der Waals surface area contributed by atoms with E-state index in [4.69, 9.17) is 16.3 Å². The van der Waals surface area contributed by atoms with Gasteiger partial charge in [-0.25, -0.2) is 4.98 Å². The highest BCUT2D eigenvalue weighted by atomic mass is 35.5. The van der Waals surface area contributed by atoms with E-state index in [1.54, 1.807) is 0 Å². The number of likely N-dealkylation sites (N-methyl/N-ethyl adjacent to an activating group) is 1. The smallest absolute Gasteiger partial charge is 0.213 e. The monoisotopic (exact) mass is 284 g/mol. The van der Waals surface area contributed by atoms with Crippen LogP contribution in [0.2, 0.25) is 0 Å². The number of halogens is 1. The summed E-state index contributed by atoms with van der Waals surface area (Å²) in [5.74, 6) is 1.57. The number of rotatable bonds is 8. The molecule has 4 heteroatoms. The molecule has 0 N–H and O–H groups in total. The maximum atomic E-state index is 5.91. The van der Waals surface area contributed by atoms with Gasteiger partial charge in [-0.1, -0.05) is 27.7 Å². The van der Waals surface area contributed by atoms with Gasteiger partial charge in [0.25, 0.3) is 0 Å². The van der Waals surface area contributed by atoms with Crippen LogP contribution in [0.1, 0.15) is 44.9 Å². The van der Waals surface area contributed by atoms with Gasteiger partial charge in [-0.15, -0.1) is 11.6 Å². The number of ether oxygens (including phenoxy) is 1. The molecule has 1 aromatic rings. The SMILES string of the molecule is CCN(CC)CCOc1cc(CCl)cc(C(C)C)n1.